The number of anilines is 2. The number of para-hydroxylation sites is 1. The molecule has 4 heterocycles. The van der Waals surface area contributed by atoms with Crippen molar-refractivity contribution in [3.8, 4) is 11.3 Å². The zero-order chi connectivity index (χ0) is 30.1. The van der Waals surface area contributed by atoms with Crippen molar-refractivity contribution in [2.75, 3.05) is 30.5 Å². The zero-order valence-corrected chi connectivity index (χ0v) is 24.4. The molecule has 0 atom stereocenters. The van der Waals surface area contributed by atoms with Gasteiger partial charge < -0.3 is 31.0 Å². The highest BCUT2D eigenvalue weighted by Crippen LogP contribution is 2.39. The van der Waals surface area contributed by atoms with E-state index in [0.717, 1.165) is 39.0 Å². The number of aryl methyl sites for hydroxylation is 1. The van der Waals surface area contributed by atoms with E-state index in [0.29, 0.717) is 55.4 Å². The van der Waals surface area contributed by atoms with Crippen molar-refractivity contribution in [3.05, 3.63) is 77.3 Å². The molecule has 2 aromatic heterocycles. The summed E-state index contributed by atoms with van der Waals surface area (Å²) in [5.74, 6) is 0.307. The molecular weight excluding hydrogens is 544 g/mol. The van der Waals surface area contributed by atoms with E-state index in [4.69, 9.17) is 15.5 Å². The number of benzene rings is 2. The lowest BCUT2D eigenvalue weighted by Crippen LogP contribution is -2.29. The van der Waals surface area contributed by atoms with Gasteiger partial charge in [0.05, 0.1) is 23.4 Å². The number of nitrogens with zero attached hydrogens (tertiary/aromatic N) is 4. The Morgan fingerprint density at radius 1 is 1.19 bits per heavy atom. The van der Waals surface area contributed by atoms with Crippen LogP contribution in [-0.4, -0.2) is 52.9 Å². The van der Waals surface area contributed by atoms with Gasteiger partial charge in [0, 0.05) is 72.0 Å². The maximum atomic E-state index is 13.7. The Labute approximate surface area is 249 Å². The van der Waals surface area contributed by atoms with Crippen molar-refractivity contribution in [3.63, 3.8) is 0 Å². The Balaban J connectivity index is 1.31. The third-order valence-corrected chi connectivity index (χ3v) is 8.00. The highest BCUT2D eigenvalue weighted by Gasteiger charge is 2.33. The molecule has 1 saturated heterocycles. The predicted molar refractivity (Wildman–Crippen MR) is 167 cm³/mol. The number of nitrogens with one attached hydrogen (secondary N) is 3. The van der Waals surface area contributed by atoms with Crippen LogP contribution in [0.25, 0.3) is 22.2 Å². The van der Waals surface area contributed by atoms with Crippen LogP contribution in [0.4, 0.5) is 17.3 Å². The fourth-order valence-corrected chi connectivity index (χ4v) is 5.60. The van der Waals surface area contributed by atoms with Crippen LogP contribution in [0.2, 0.25) is 0 Å². The first-order chi connectivity index (χ1) is 20.8. The first-order valence-corrected chi connectivity index (χ1v) is 14.3. The number of carbonyl (C=O) groups excluding carboxylic acids is 2. The fraction of sp³-hybridized carbons (Fsp3) is 0.281. The molecule has 0 saturated carbocycles. The summed E-state index contributed by atoms with van der Waals surface area (Å²) < 4.78 is 5.40. The minimum atomic E-state index is -0.115. The maximum Gasteiger partial charge on any atom is 0.259 e. The van der Waals surface area contributed by atoms with Gasteiger partial charge in [-0.15, -0.1) is 0 Å². The minimum Gasteiger partial charge on any atom is -0.392 e. The molecule has 43 heavy (non-hydrogen) atoms. The van der Waals surface area contributed by atoms with Crippen LogP contribution >= 0.6 is 0 Å². The van der Waals surface area contributed by atoms with Crippen LogP contribution in [-0.2, 0) is 16.1 Å². The second-order valence-electron chi connectivity index (χ2n) is 10.8. The first kappa shape index (κ1) is 28.1. The normalized spacial score (nSPS) is 16.1. The number of hydrogen-bond acceptors (Lipinski definition) is 7. The molecule has 1 fully saturated rings. The van der Waals surface area contributed by atoms with Gasteiger partial charge in [0.15, 0.2) is 0 Å². The van der Waals surface area contributed by atoms with Crippen LogP contribution < -0.4 is 21.3 Å². The molecule has 0 bridgehead atoms. The van der Waals surface area contributed by atoms with Crippen molar-refractivity contribution in [1.29, 1.82) is 0 Å². The number of hydrogen-bond donors (Lipinski definition) is 4. The van der Waals surface area contributed by atoms with Gasteiger partial charge in [-0.3, -0.25) is 9.59 Å². The highest BCUT2D eigenvalue weighted by molar-refractivity contribution is 6.15. The summed E-state index contributed by atoms with van der Waals surface area (Å²) in [6.07, 6.45) is 6.72. The smallest absolute Gasteiger partial charge is 0.259 e. The molecule has 0 radical (unpaired) electrons. The molecule has 2 aliphatic rings. The van der Waals surface area contributed by atoms with Crippen molar-refractivity contribution in [2.24, 2.45) is 16.6 Å². The predicted octanol–water partition coefficient (Wildman–Crippen LogP) is 4.57. The minimum absolute atomic E-state index is 0.0300. The second kappa shape index (κ2) is 11.7. The Bertz CT molecular complexity index is 1780. The number of H-pyrrole nitrogens is 1. The van der Waals surface area contributed by atoms with Gasteiger partial charge >= 0.3 is 0 Å². The number of amidine groups is 1. The maximum absolute atomic E-state index is 13.7. The molecule has 11 heteroatoms. The first-order valence-electron chi connectivity index (χ1n) is 14.3. The average Bonchev–Trinajstić information content (AvgIpc) is 3.60. The molecule has 2 amide bonds. The van der Waals surface area contributed by atoms with Crippen LogP contribution in [0.15, 0.2) is 65.6 Å². The van der Waals surface area contributed by atoms with Crippen LogP contribution in [0.3, 0.4) is 0 Å². The number of allylic oxidation sites excluding steroid dienone is 1. The highest BCUT2D eigenvalue weighted by atomic mass is 16.5. The molecule has 0 unspecified atom stereocenters. The number of aromatic nitrogens is 3. The lowest BCUT2D eigenvalue weighted by atomic mass is 9.99. The van der Waals surface area contributed by atoms with E-state index in [1.54, 1.807) is 17.2 Å². The van der Waals surface area contributed by atoms with E-state index in [2.05, 4.69) is 25.6 Å². The number of carbonyl (C=O) groups is 2. The molecule has 4 aromatic rings. The van der Waals surface area contributed by atoms with Gasteiger partial charge in [-0.05, 0) is 56.5 Å². The van der Waals surface area contributed by atoms with Crippen molar-refractivity contribution < 1.29 is 14.3 Å². The monoisotopic (exact) mass is 578 g/mol. The summed E-state index contributed by atoms with van der Waals surface area (Å²) >= 11 is 0. The zero-order valence-electron chi connectivity index (χ0n) is 24.4. The number of amides is 2. The third-order valence-electron chi connectivity index (χ3n) is 8.00. The Kier molecular flexibility index (Phi) is 7.64. The summed E-state index contributed by atoms with van der Waals surface area (Å²) in [5, 5.41) is 7.00. The van der Waals surface area contributed by atoms with E-state index < -0.39 is 0 Å². The van der Waals surface area contributed by atoms with Gasteiger partial charge in [0.25, 0.3) is 11.9 Å². The molecule has 2 aromatic carbocycles. The van der Waals surface area contributed by atoms with Gasteiger partial charge in [-0.2, -0.15) is 4.99 Å². The van der Waals surface area contributed by atoms with Gasteiger partial charge in [-0.1, -0.05) is 18.2 Å². The second-order valence-corrected chi connectivity index (χ2v) is 10.8. The third kappa shape index (κ3) is 5.46. The lowest BCUT2D eigenvalue weighted by Gasteiger charge is -2.22. The topological polar surface area (TPSA) is 151 Å². The Morgan fingerprint density at radius 2 is 1.98 bits per heavy atom. The number of fused-ring (bicyclic) bond motifs is 2. The van der Waals surface area contributed by atoms with E-state index in [1.807, 2.05) is 63.5 Å². The number of aromatic amines is 1. The number of rotatable bonds is 7. The molecule has 0 aliphatic carbocycles. The number of nitrogens with two attached hydrogens (primary N) is 1. The van der Waals surface area contributed by atoms with Gasteiger partial charge in [0.2, 0.25) is 5.91 Å². The summed E-state index contributed by atoms with van der Waals surface area (Å²) in [5.41, 5.74) is 13.0. The molecule has 2 aliphatic heterocycles. The van der Waals surface area contributed by atoms with Crippen LogP contribution in [0, 0.1) is 12.8 Å². The summed E-state index contributed by atoms with van der Waals surface area (Å²) in [6, 6.07) is 11.3. The number of ether oxygens (including phenoxy) is 1. The fourth-order valence-electron chi connectivity index (χ4n) is 5.60. The summed E-state index contributed by atoms with van der Waals surface area (Å²) in [6.45, 7) is 5.35. The quantitative estimate of drug-likeness (QED) is 0.185. The molecule has 220 valence electrons. The van der Waals surface area contributed by atoms with Gasteiger partial charge in [0.1, 0.15) is 5.84 Å². The van der Waals surface area contributed by atoms with Crippen molar-refractivity contribution in [1.82, 2.24) is 20.3 Å². The van der Waals surface area contributed by atoms with E-state index >= 15 is 0 Å². The van der Waals surface area contributed by atoms with Gasteiger partial charge in [-0.25, -0.2) is 9.97 Å². The van der Waals surface area contributed by atoms with E-state index in [-0.39, 0.29) is 23.7 Å². The summed E-state index contributed by atoms with van der Waals surface area (Å²) in [7, 11) is 1.81. The van der Waals surface area contributed by atoms with E-state index in [9.17, 15) is 9.59 Å². The van der Waals surface area contributed by atoms with E-state index in [1.165, 1.54) is 0 Å². The van der Waals surface area contributed by atoms with Crippen molar-refractivity contribution in [2.45, 2.75) is 33.2 Å². The molecule has 0 spiro atoms. The SMILES string of the molecule is CN/C(C)=C\C(N)=N/c1ncc(C)c(-c2c[nH]c3c(N4Cc5c(NC(=O)C6CCOCC6)cccc5C4=O)cccc23)n1. The average molecular weight is 579 g/mol. The molecule has 11 nitrogen and oxygen atoms in total. The molecule has 6 rings (SSSR count). The number of aliphatic imine (C=N–C) groups is 1. The molecule has 5 N–H and O–H groups in total. The standard InChI is InChI=1S/C32H34N8O3/c1-18-15-36-32(38-27(33)14-19(2)34-3)39-28(18)23-16-35-29-21(23)6-5-9-26(29)40-17-24-22(31(40)42)7-4-8-25(24)37-30(41)20-10-12-43-13-11-20/h4-9,14-16,20,34-35H,10-13,17H2,1-3H3,(H,37,41)(H2,33,36,38,39)/b19-14-. The Hall–Kier alpha value is -5.03. The van der Waals surface area contributed by atoms with Crippen LogP contribution in [0.1, 0.15) is 41.3 Å². The van der Waals surface area contributed by atoms with Crippen LogP contribution in [0.5, 0.6) is 0 Å². The molecular formula is C32H34N8O3. The lowest BCUT2D eigenvalue weighted by molar-refractivity contribution is -0.122. The summed E-state index contributed by atoms with van der Waals surface area (Å²) in [4.78, 5) is 45.2. The van der Waals surface area contributed by atoms with Crippen molar-refractivity contribution >= 4 is 45.9 Å². The Morgan fingerprint density at radius 3 is 2.77 bits per heavy atom. The largest absolute Gasteiger partial charge is 0.392 e.